The Kier molecular flexibility index (Phi) is 5.69. The summed E-state index contributed by atoms with van der Waals surface area (Å²) in [5, 5.41) is 9.10. The Morgan fingerprint density at radius 3 is 2.62 bits per heavy atom. The van der Waals surface area contributed by atoms with E-state index in [0.717, 1.165) is 45.6 Å². The highest BCUT2D eigenvalue weighted by molar-refractivity contribution is 4.83. The van der Waals surface area contributed by atoms with Gasteiger partial charge in [0.15, 0.2) is 0 Å². The van der Waals surface area contributed by atoms with Crippen molar-refractivity contribution in [2.45, 2.75) is 32.8 Å². The smallest absolute Gasteiger partial charge is 0.0932 e. The summed E-state index contributed by atoms with van der Waals surface area (Å²) >= 11 is 0. The van der Waals surface area contributed by atoms with Gasteiger partial charge in [-0.3, -0.25) is 4.90 Å². The summed E-state index contributed by atoms with van der Waals surface area (Å²) in [4.78, 5) is 2.38. The van der Waals surface area contributed by atoms with E-state index in [4.69, 9.17) is 15.6 Å². The first-order valence-electron chi connectivity index (χ1n) is 6.34. The Morgan fingerprint density at radius 2 is 2.12 bits per heavy atom. The van der Waals surface area contributed by atoms with Crippen molar-refractivity contribution in [1.82, 2.24) is 4.90 Å². The minimum Gasteiger partial charge on any atom is -0.394 e. The molecule has 0 aromatic rings. The first-order chi connectivity index (χ1) is 7.69. The molecular weight excluding hydrogens is 204 g/mol. The largest absolute Gasteiger partial charge is 0.394 e. The maximum absolute atomic E-state index is 9.10. The lowest BCUT2D eigenvalue weighted by Gasteiger charge is -2.40. The van der Waals surface area contributed by atoms with Crippen molar-refractivity contribution in [3.8, 4) is 0 Å². The summed E-state index contributed by atoms with van der Waals surface area (Å²) < 4.78 is 5.45. The molecule has 1 atom stereocenters. The fraction of sp³-hybridized carbons (Fsp3) is 1.00. The van der Waals surface area contributed by atoms with Gasteiger partial charge < -0.3 is 15.6 Å². The lowest BCUT2D eigenvalue weighted by atomic mass is 9.81. The van der Waals surface area contributed by atoms with Crippen molar-refractivity contribution >= 4 is 0 Å². The van der Waals surface area contributed by atoms with Crippen LogP contribution < -0.4 is 5.73 Å². The van der Waals surface area contributed by atoms with E-state index in [1.54, 1.807) is 0 Å². The van der Waals surface area contributed by atoms with E-state index in [1.165, 1.54) is 0 Å². The molecule has 4 heteroatoms. The molecule has 1 aliphatic heterocycles. The minimum atomic E-state index is -0.0158. The van der Waals surface area contributed by atoms with Crippen molar-refractivity contribution < 1.29 is 9.84 Å². The number of ether oxygens (including phenoxy) is 1. The SMILES string of the molecule is CCC(CC)(CN)CN1CCOC(CO)C1. The quantitative estimate of drug-likeness (QED) is 0.695. The molecule has 1 rings (SSSR count). The third kappa shape index (κ3) is 3.42. The predicted octanol–water partition coefficient (Wildman–Crippen LogP) is 0.445. The lowest BCUT2D eigenvalue weighted by Crippen LogP contribution is -2.50. The number of aliphatic hydroxyl groups is 1. The molecule has 96 valence electrons. The van der Waals surface area contributed by atoms with E-state index in [-0.39, 0.29) is 18.1 Å². The summed E-state index contributed by atoms with van der Waals surface area (Å²) in [6.45, 7) is 8.80. The van der Waals surface area contributed by atoms with Gasteiger partial charge in [-0.1, -0.05) is 13.8 Å². The van der Waals surface area contributed by atoms with Crippen molar-refractivity contribution in [3.05, 3.63) is 0 Å². The number of rotatable bonds is 6. The molecule has 3 N–H and O–H groups in total. The summed E-state index contributed by atoms with van der Waals surface area (Å²) in [5.41, 5.74) is 6.14. The second kappa shape index (κ2) is 6.55. The molecule has 1 saturated heterocycles. The van der Waals surface area contributed by atoms with Gasteiger partial charge in [0.05, 0.1) is 19.3 Å². The number of nitrogens with zero attached hydrogens (tertiary/aromatic N) is 1. The van der Waals surface area contributed by atoms with E-state index in [2.05, 4.69) is 18.7 Å². The van der Waals surface area contributed by atoms with Crippen molar-refractivity contribution in [2.75, 3.05) is 39.4 Å². The molecule has 0 aliphatic carbocycles. The predicted molar refractivity (Wildman–Crippen MR) is 65.3 cm³/mol. The fourth-order valence-electron chi connectivity index (χ4n) is 2.34. The van der Waals surface area contributed by atoms with E-state index in [1.807, 2.05) is 0 Å². The summed E-state index contributed by atoms with van der Waals surface area (Å²) in [6, 6.07) is 0. The number of nitrogens with two attached hydrogens (primary N) is 1. The van der Waals surface area contributed by atoms with Gasteiger partial charge in [-0.05, 0) is 24.8 Å². The molecule has 1 heterocycles. The molecule has 1 aliphatic rings. The first-order valence-corrected chi connectivity index (χ1v) is 6.34. The van der Waals surface area contributed by atoms with Crippen LogP contribution >= 0.6 is 0 Å². The van der Waals surface area contributed by atoms with Crippen LogP contribution in [0.5, 0.6) is 0 Å². The number of morpholine rings is 1. The van der Waals surface area contributed by atoms with Crippen LogP contribution in [0.4, 0.5) is 0 Å². The van der Waals surface area contributed by atoms with Crippen LogP contribution in [0.2, 0.25) is 0 Å². The average molecular weight is 230 g/mol. The van der Waals surface area contributed by atoms with Crippen LogP contribution in [0.1, 0.15) is 26.7 Å². The third-order valence-electron chi connectivity index (χ3n) is 3.92. The zero-order chi connectivity index (χ0) is 12.0. The van der Waals surface area contributed by atoms with E-state index in [9.17, 15) is 0 Å². The zero-order valence-corrected chi connectivity index (χ0v) is 10.6. The average Bonchev–Trinajstić information content (AvgIpc) is 2.36. The maximum atomic E-state index is 9.10. The molecule has 16 heavy (non-hydrogen) atoms. The molecule has 0 radical (unpaired) electrons. The molecule has 1 fully saturated rings. The Labute approximate surface area is 98.8 Å². The minimum absolute atomic E-state index is 0.0158. The first kappa shape index (κ1) is 13.9. The molecule has 0 aromatic heterocycles. The fourth-order valence-corrected chi connectivity index (χ4v) is 2.34. The molecule has 0 bridgehead atoms. The lowest BCUT2D eigenvalue weighted by molar-refractivity contribution is -0.0627. The molecule has 0 saturated carbocycles. The van der Waals surface area contributed by atoms with Gasteiger partial charge in [0.25, 0.3) is 0 Å². The number of hydrogen-bond acceptors (Lipinski definition) is 4. The zero-order valence-electron chi connectivity index (χ0n) is 10.6. The van der Waals surface area contributed by atoms with Crippen LogP contribution in [-0.2, 0) is 4.74 Å². The topological polar surface area (TPSA) is 58.7 Å². The van der Waals surface area contributed by atoms with E-state index in [0.29, 0.717) is 0 Å². The molecule has 1 unspecified atom stereocenters. The van der Waals surface area contributed by atoms with Gasteiger partial charge in [-0.2, -0.15) is 0 Å². The van der Waals surface area contributed by atoms with Gasteiger partial charge >= 0.3 is 0 Å². The number of aliphatic hydroxyl groups excluding tert-OH is 1. The highest BCUT2D eigenvalue weighted by atomic mass is 16.5. The Bertz CT molecular complexity index is 187. The van der Waals surface area contributed by atoms with Gasteiger partial charge in [0.1, 0.15) is 0 Å². The van der Waals surface area contributed by atoms with Crippen molar-refractivity contribution in [1.29, 1.82) is 0 Å². The van der Waals surface area contributed by atoms with Crippen molar-refractivity contribution in [2.24, 2.45) is 11.1 Å². The Hall–Kier alpha value is -0.160. The van der Waals surface area contributed by atoms with Gasteiger partial charge in [-0.15, -0.1) is 0 Å². The van der Waals surface area contributed by atoms with Crippen LogP contribution in [0.25, 0.3) is 0 Å². The third-order valence-corrected chi connectivity index (χ3v) is 3.92. The molecule has 0 amide bonds. The van der Waals surface area contributed by atoms with Gasteiger partial charge in [-0.25, -0.2) is 0 Å². The molecule has 0 aromatic carbocycles. The summed E-state index contributed by atoms with van der Waals surface area (Å²) in [5.74, 6) is 0. The molecule has 4 nitrogen and oxygen atoms in total. The van der Waals surface area contributed by atoms with Gasteiger partial charge in [0.2, 0.25) is 0 Å². The summed E-state index contributed by atoms with van der Waals surface area (Å²) in [6.07, 6.45) is 2.21. The maximum Gasteiger partial charge on any atom is 0.0932 e. The Balaban J connectivity index is 2.50. The Morgan fingerprint density at radius 1 is 1.44 bits per heavy atom. The molecular formula is C12H26N2O2. The highest BCUT2D eigenvalue weighted by Crippen LogP contribution is 2.26. The van der Waals surface area contributed by atoms with Crippen molar-refractivity contribution in [3.63, 3.8) is 0 Å². The second-order valence-corrected chi connectivity index (χ2v) is 4.82. The van der Waals surface area contributed by atoms with Gasteiger partial charge in [0, 0.05) is 19.6 Å². The highest BCUT2D eigenvalue weighted by Gasteiger charge is 2.29. The number of hydrogen-bond donors (Lipinski definition) is 2. The van der Waals surface area contributed by atoms with Crippen LogP contribution in [-0.4, -0.2) is 55.5 Å². The van der Waals surface area contributed by atoms with E-state index < -0.39 is 0 Å². The van der Waals surface area contributed by atoms with Crippen LogP contribution in [0.3, 0.4) is 0 Å². The monoisotopic (exact) mass is 230 g/mol. The normalized spacial score (nSPS) is 23.6. The van der Waals surface area contributed by atoms with E-state index >= 15 is 0 Å². The standard InChI is InChI=1S/C12H26N2O2/c1-3-12(4-2,9-13)10-14-5-6-16-11(7-14)8-15/h11,15H,3-10,13H2,1-2H3. The van der Waals surface area contributed by atoms with Crippen LogP contribution in [0.15, 0.2) is 0 Å². The second-order valence-electron chi connectivity index (χ2n) is 4.82. The summed E-state index contributed by atoms with van der Waals surface area (Å²) in [7, 11) is 0. The molecule has 0 spiro atoms. The van der Waals surface area contributed by atoms with Crippen LogP contribution in [0, 0.1) is 5.41 Å².